The average Bonchev–Trinajstić information content (AvgIpc) is 2.41. The molecule has 6 heteroatoms. The van der Waals surface area contributed by atoms with Gasteiger partial charge in [0.15, 0.2) is 0 Å². The molecule has 2 aromatic rings. The van der Waals surface area contributed by atoms with Crippen molar-refractivity contribution < 1.29 is 9.18 Å². The van der Waals surface area contributed by atoms with Crippen LogP contribution in [0, 0.1) is 5.82 Å². The minimum absolute atomic E-state index is 0.217. The van der Waals surface area contributed by atoms with E-state index in [0.29, 0.717) is 11.5 Å². The molecule has 1 heterocycles. The summed E-state index contributed by atoms with van der Waals surface area (Å²) in [6, 6.07) is 10.3. The molecule has 0 unspecified atom stereocenters. The monoisotopic (exact) mass is 246 g/mol. The zero-order valence-corrected chi connectivity index (χ0v) is 9.35. The van der Waals surface area contributed by atoms with E-state index in [9.17, 15) is 9.18 Å². The van der Waals surface area contributed by atoms with Gasteiger partial charge in [-0.15, -0.1) is 0 Å². The van der Waals surface area contributed by atoms with Gasteiger partial charge in [0.05, 0.1) is 0 Å². The maximum atomic E-state index is 12.7. The number of pyridine rings is 1. The van der Waals surface area contributed by atoms with Gasteiger partial charge in [-0.2, -0.15) is 0 Å². The van der Waals surface area contributed by atoms with Crippen molar-refractivity contribution in [1.29, 1.82) is 0 Å². The highest BCUT2D eigenvalue weighted by Gasteiger charge is 2.08. The summed E-state index contributed by atoms with van der Waals surface area (Å²) in [4.78, 5) is 15.8. The number of hydrogen-bond donors (Lipinski definition) is 3. The maximum absolute atomic E-state index is 12.7. The van der Waals surface area contributed by atoms with E-state index in [2.05, 4.69) is 15.7 Å². The Bertz CT molecular complexity index is 556. The van der Waals surface area contributed by atoms with E-state index < -0.39 is 5.91 Å². The predicted molar refractivity (Wildman–Crippen MR) is 66.4 cm³/mol. The number of rotatable bonds is 3. The first-order valence-electron chi connectivity index (χ1n) is 5.19. The third-order valence-electron chi connectivity index (χ3n) is 2.23. The fourth-order valence-corrected chi connectivity index (χ4v) is 1.37. The lowest BCUT2D eigenvalue weighted by molar-refractivity contribution is 0.102. The van der Waals surface area contributed by atoms with Crippen LogP contribution in [0.2, 0.25) is 0 Å². The van der Waals surface area contributed by atoms with E-state index in [1.807, 2.05) is 0 Å². The van der Waals surface area contributed by atoms with Gasteiger partial charge in [0.2, 0.25) is 0 Å². The number of nitrogens with two attached hydrogens (primary N) is 1. The van der Waals surface area contributed by atoms with Crippen molar-refractivity contribution in [3.8, 4) is 0 Å². The Labute approximate surface area is 103 Å². The standard InChI is InChI=1S/C12H11FN4O/c13-8-4-6-9(7-5-8)15-12(18)10-2-1-3-11(16-10)17-14/h1-7H,14H2,(H,15,18)(H,16,17). The molecule has 1 aromatic carbocycles. The fourth-order valence-electron chi connectivity index (χ4n) is 1.37. The van der Waals surface area contributed by atoms with Gasteiger partial charge in [-0.05, 0) is 36.4 Å². The van der Waals surface area contributed by atoms with Crippen LogP contribution in [0.15, 0.2) is 42.5 Å². The minimum atomic E-state index is -0.390. The van der Waals surface area contributed by atoms with Crippen molar-refractivity contribution in [2.45, 2.75) is 0 Å². The molecule has 0 aliphatic heterocycles. The van der Waals surface area contributed by atoms with E-state index in [1.165, 1.54) is 24.3 Å². The molecular weight excluding hydrogens is 235 g/mol. The quantitative estimate of drug-likeness (QED) is 0.569. The first kappa shape index (κ1) is 12.0. The number of benzene rings is 1. The molecule has 92 valence electrons. The van der Waals surface area contributed by atoms with Crippen molar-refractivity contribution in [2.24, 2.45) is 5.84 Å². The molecule has 0 spiro atoms. The summed E-state index contributed by atoms with van der Waals surface area (Å²) in [5.74, 6) is 4.84. The molecule has 0 atom stereocenters. The molecule has 1 amide bonds. The Morgan fingerprint density at radius 2 is 1.89 bits per heavy atom. The topological polar surface area (TPSA) is 80.0 Å². The van der Waals surface area contributed by atoms with Gasteiger partial charge in [0, 0.05) is 5.69 Å². The van der Waals surface area contributed by atoms with Crippen LogP contribution in [-0.2, 0) is 0 Å². The Morgan fingerprint density at radius 3 is 2.56 bits per heavy atom. The number of amides is 1. The predicted octanol–water partition coefficient (Wildman–Crippen LogP) is 1.76. The van der Waals surface area contributed by atoms with Gasteiger partial charge >= 0.3 is 0 Å². The van der Waals surface area contributed by atoms with E-state index in [0.717, 1.165) is 0 Å². The van der Waals surface area contributed by atoms with Crippen molar-refractivity contribution in [2.75, 3.05) is 10.7 Å². The molecule has 0 radical (unpaired) electrons. The highest BCUT2D eigenvalue weighted by atomic mass is 19.1. The Balaban J connectivity index is 2.14. The molecule has 0 saturated carbocycles. The van der Waals surface area contributed by atoms with Crippen LogP contribution in [0.1, 0.15) is 10.5 Å². The number of carbonyl (C=O) groups excluding carboxylic acids is 1. The zero-order chi connectivity index (χ0) is 13.0. The van der Waals surface area contributed by atoms with Crippen LogP contribution in [0.4, 0.5) is 15.9 Å². The van der Waals surface area contributed by atoms with Crippen molar-refractivity contribution >= 4 is 17.4 Å². The molecule has 0 aliphatic carbocycles. The Kier molecular flexibility index (Phi) is 3.49. The molecule has 0 aliphatic rings. The first-order chi connectivity index (χ1) is 8.69. The molecule has 1 aromatic heterocycles. The lowest BCUT2D eigenvalue weighted by Crippen LogP contribution is -2.16. The van der Waals surface area contributed by atoms with Gasteiger partial charge in [0.1, 0.15) is 17.3 Å². The van der Waals surface area contributed by atoms with Crippen molar-refractivity contribution in [3.05, 3.63) is 54.0 Å². The van der Waals surface area contributed by atoms with Gasteiger partial charge in [-0.3, -0.25) is 4.79 Å². The van der Waals surface area contributed by atoms with Crippen LogP contribution < -0.4 is 16.6 Å². The lowest BCUT2D eigenvalue weighted by Gasteiger charge is -2.05. The molecule has 5 nitrogen and oxygen atoms in total. The van der Waals surface area contributed by atoms with E-state index >= 15 is 0 Å². The van der Waals surface area contributed by atoms with E-state index in [1.54, 1.807) is 18.2 Å². The van der Waals surface area contributed by atoms with Crippen molar-refractivity contribution in [1.82, 2.24) is 4.98 Å². The second-order valence-corrected chi connectivity index (χ2v) is 3.51. The van der Waals surface area contributed by atoms with Crippen LogP contribution >= 0.6 is 0 Å². The summed E-state index contributed by atoms with van der Waals surface area (Å²) in [6.07, 6.45) is 0. The van der Waals surface area contributed by atoms with Gasteiger partial charge in [0.25, 0.3) is 5.91 Å². The van der Waals surface area contributed by atoms with E-state index in [4.69, 9.17) is 5.84 Å². The smallest absolute Gasteiger partial charge is 0.274 e. The second-order valence-electron chi connectivity index (χ2n) is 3.51. The van der Waals surface area contributed by atoms with Gasteiger partial charge in [-0.25, -0.2) is 15.2 Å². The zero-order valence-electron chi connectivity index (χ0n) is 9.35. The molecule has 4 N–H and O–H groups in total. The Hall–Kier alpha value is -2.47. The van der Waals surface area contributed by atoms with Gasteiger partial charge in [-0.1, -0.05) is 6.07 Å². The third kappa shape index (κ3) is 2.80. The number of nitrogens with zero attached hydrogens (tertiary/aromatic N) is 1. The SMILES string of the molecule is NNc1cccc(C(=O)Nc2ccc(F)cc2)n1. The number of aromatic nitrogens is 1. The van der Waals surface area contributed by atoms with Crippen LogP contribution in [0.5, 0.6) is 0 Å². The number of hydrazine groups is 1. The number of nitrogens with one attached hydrogen (secondary N) is 2. The Morgan fingerprint density at radius 1 is 1.17 bits per heavy atom. The summed E-state index contributed by atoms with van der Waals surface area (Å²) in [5, 5.41) is 2.60. The van der Waals surface area contributed by atoms with Crippen molar-refractivity contribution in [3.63, 3.8) is 0 Å². The summed E-state index contributed by atoms with van der Waals surface area (Å²) >= 11 is 0. The third-order valence-corrected chi connectivity index (χ3v) is 2.23. The fraction of sp³-hybridized carbons (Fsp3) is 0. The number of anilines is 2. The average molecular weight is 246 g/mol. The summed E-state index contributed by atoms with van der Waals surface area (Å²) in [5.41, 5.74) is 3.06. The number of carbonyl (C=O) groups is 1. The lowest BCUT2D eigenvalue weighted by atomic mass is 10.3. The van der Waals surface area contributed by atoms with Crippen LogP contribution in [-0.4, -0.2) is 10.9 Å². The van der Waals surface area contributed by atoms with Crippen LogP contribution in [0.3, 0.4) is 0 Å². The van der Waals surface area contributed by atoms with Gasteiger partial charge < -0.3 is 10.7 Å². The maximum Gasteiger partial charge on any atom is 0.274 e. The summed E-state index contributed by atoms with van der Waals surface area (Å²) in [7, 11) is 0. The van der Waals surface area contributed by atoms with E-state index in [-0.39, 0.29) is 11.5 Å². The summed E-state index contributed by atoms with van der Waals surface area (Å²) < 4.78 is 12.7. The first-order valence-corrected chi connectivity index (χ1v) is 5.19. The molecular formula is C12H11FN4O. The molecule has 18 heavy (non-hydrogen) atoms. The van der Waals surface area contributed by atoms with Crippen LogP contribution in [0.25, 0.3) is 0 Å². The largest absolute Gasteiger partial charge is 0.321 e. The molecule has 2 rings (SSSR count). The second kappa shape index (κ2) is 5.24. The molecule has 0 fully saturated rings. The number of hydrogen-bond acceptors (Lipinski definition) is 4. The highest BCUT2D eigenvalue weighted by Crippen LogP contribution is 2.10. The summed E-state index contributed by atoms with van der Waals surface area (Å²) in [6.45, 7) is 0. The minimum Gasteiger partial charge on any atom is -0.321 e. The number of nitrogen functional groups attached to an aromatic ring is 1. The molecule has 0 saturated heterocycles. The highest BCUT2D eigenvalue weighted by molar-refractivity contribution is 6.03. The molecule has 0 bridgehead atoms. The number of halogens is 1. The normalized spacial score (nSPS) is 9.89.